The van der Waals surface area contributed by atoms with Gasteiger partial charge in [0.2, 0.25) is 5.91 Å². The number of fused-ring (bicyclic) bond motifs is 2. The molecule has 2 aromatic rings. The van der Waals surface area contributed by atoms with Gasteiger partial charge in [-0.05, 0) is 47.6 Å². The number of aliphatic hydroxyl groups excluding tert-OH is 1. The lowest BCUT2D eigenvalue weighted by molar-refractivity contribution is -0.132. The number of aliphatic hydroxyl groups is 1. The SMILES string of the molecule is CCOC(=O)N[C@@H](CO)CC(=O)N1CCC(=C2c3ccccc3C=Cc3ccccc32)CC1. The van der Waals surface area contributed by atoms with E-state index < -0.39 is 12.1 Å². The number of likely N-dealkylation sites (tertiary alicyclic amines) is 1. The van der Waals surface area contributed by atoms with Gasteiger partial charge in [0.05, 0.1) is 19.3 Å². The molecule has 1 heterocycles. The molecule has 2 aliphatic rings. The maximum Gasteiger partial charge on any atom is 0.407 e. The Hall–Kier alpha value is -3.38. The predicted molar refractivity (Wildman–Crippen MR) is 129 cm³/mol. The molecule has 4 rings (SSSR count). The van der Waals surface area contributed by atoms with Gasteiger partial charge in [-0.3, -0.25) is 4.79 Å². The van der Waals surface area contributed by atoms with Gasteiger partial charge in [0, 0.05) is 19.5 Å². The fraction of sp³-hybridized carbons (Fsp3) is 0.333. The number of rotatable bonds is 5. The summed E-state index contributed by atoms with van der Waals surface area (Å²) in [6.45, 7) is 2.87. The number of hydrogen-bond acceptors (Lipinski definition) is 4. The van der Waals surface area contributed by atoms with E-state index in [-0.39, 0.29) is 25.5 Å². The summed E-state index contributed by atoms with van der Waals surface area (Å²) in [6.07, 6.45) is 5.36. The fourth-order valence-electron chi connectivity index (χ4n) is 4.56. The molecule has 1 saturated heterocycles. The number of alkyl carbamates (subject to hydrolysis) is 1. The Morgan fingerprint density at radius 1 is 1.00 bits per heavy atom. The Balaban J connectivity index is 1.51. The first-order valence-corrected chi connectivity index (χ1v) is 11.5. The Bertz CT molecular complexity index is 1030. The van der Waals surface area contributed by atoms with Gasteiger partial charge < -0.3 is 20.1 Å². The third-order valence-electron chi connectivity index (χ3n) is 6.21. The zero-order valence-electron chi connectivity index (χ0n) is 18.9. The minimum absolute atomic E-state index is 0.0524. The second-order valence-electron chi connectivity index (χ2n) is 8.32. The minimum Gasteiger partial charge on any atom is -0.450 e. The molecule has 33 heavy (non-hydrogen) atoms. The molecule has 6 heteroatoms. The van der Waals surface area contributed by atoms with Gasteiger partial charge in [-0.2, -0.15) is 0 Å². The minimum atomic E-state index is -0.650. The molecule has 1 fully saturated rings. The van der Waals surface area contributed by atoms with E-state index in [1.807, 2.05) is 4.90 Å². The first kappa shape index (κ1) is 22.8. The lowest BCUT2D eigenvalue weighted by atomic mass is 9.86. The van der Waals surface area contributed by atoms with E-state index in [1.165, 1.54) is 33.4 Å². The number of amides is 2. The van der Waals surface area contributed by atoms with Gasteiger partial charge in [0.15, 0.2) is 0 Å². The molecule has 2 aromatic carbocycles. The summed E-state index contributed by atoms with van der Waals surface area (Å²) in [5.74, 6) is -0.0711. The second kappa shape index (κ2) is 10.5. The normalized spacial score (nSPS) is 15.9. The summed E-state index contributed by atoms with van der Waals surface area (Å²) in [5, 5.41) is 12.1. The maximum atomic E-state index is 12.8. The number of hydrogen-bond donors (Lipinski definition) is 2. The molecule has 2 amide bonds. The summed E-state index contributed by atoms with van der Waals surface area (Å²) in [6, 6.07) is 16.3. The number of carbonyl (C=O) groups excluding carboxylic acids is 2. The van der Waals surface area contributed by atoms with Crippen LogP contribution in [0, 0.1) is 0 Å². The van der Waals surface area contributed by atoms with Crippen LogP contribution in [0.2, 0.25) is 0 Å². The number of benzene rings is 2. The van der Waals surface area contributed by atoms with Crippen LogP contribution in [-0.2, 0) is 9.53 Å². The first-order chi connectivity index (χ1) is 16.1. The van der Waals surface area contributed by atoms with Crippen molar-refractivity contribution in [2.75, 3.05) is 26.3 Å². The van der Waals surface area contributed by atoms with E-state index >= 15 is 0 Å². The van der Waals surface area contributed by atoms with Crippen molar-refractivity contribution < 1.29 is 19.4 Å². The first-order valence-electron chi connectivity index (χ1n) is 11.5. The number of ether oxygens (including phenoxy) is 1. The number of piperidine rings is 1. The zero-order valence-corrected chi connectivity index (χ0v) is 18.9. The summed E-state index contributed by atoms with van der Waals surface area (Å²) >= 11 is 0. The van der Waals surface area contributed by atoms with E-state index in [4.69, 9.17) is 4.74 Å². The standard InChI is InChI=1S/C27H30N2O4/c1-2-33-27(32)28-22(18-30)17-25(31)29-15-13-21(14-16-29)26-23-9-5-3-7-19(23)11-12-20-8-4-6-10-24(20)26/h3-12,22,30H,2,13-18H2,1H3,(H,28,32)/t22-/m1/s1. The monoisotopic (exact) mass is 446 g/mol. The fourth-order valence-corrected chi connectivity index (χ4v) is 4.56. The molecule has 0 unspecified atom stereocenters. The molecule has 0 radical (unpaired) electrons. The van der Waals surface area contributed by atoms with Crippen molar-refractivity contribution in [1.29, 1.82) is 0 Å². The summed E-state index contributed by atoms with van der Waals surface area (Å²) in [4.78, 5) is 26.3. The molecule has 0 spiro atoms. The smallest absolute Gasteiger partial charge is 0.407 e. The topological polar surface area (TPSA) is 78.9 Å². The molecule has 6 nitrogen and oxygen atoms in total. The predicted octanol–water partition coefficient (Wildman–Crippen LogP) is 4.09. The van der Waals surface area contributed by atoms with Crippen LogP contribution in [0.1, 0.15) is 48.4 Å². The van der Waals surface area contributed by atoms with E-state index in [0.717, 1.165) is 12.8 Å². The quantitative estimate of drug-likeness (QED) is 0.619. The molecule has 172 valence electrons. The van der Waals surface area contributed by atoms with E-state index in [2.05, 4.69) is 66.0 Å². The van der Waals surface area contributed by atoms with Crippen LogP contribution in [0.3, 0.4) is 0 Å². The average molecular weight is 447 g/mol. The summed E-state index contributed by atoms with van der Waals surface area (Å²) in [7, 11) is 0. The van der Waals surface area contributed by atoms with E-state index in [9.17, 15) is 14.7 Å². The highest BCUT2D eigenvalue weighted by atomic mass is 16.5. The second-order valence-corrected chi connectivity index (χ2v) is 8.32. The Kier molecular flexibility index (Phi) is 7.25. The van der Waals surface area contributed by atoms with Gasteiger partial charge in [0.1, 0.15) is 0 Å². The lowest BCUT2D eigenvalue weighted by Gasteiger charge is -2.31. The van der Waals surface area contributed by atoms with Crippen molar-refractivity contribution in [3.8, 4) is 0 Å². The van der Waals surface area contributed by atoms with E-state index in [1.54, 1.807) is 6.92 Å². The van der Waals surface area contributed by atoms with Gasteiger partial charge in [-0.25, -0.2) is 4.79 Å². The van der Waals surface area contributed by atoms with Crippen molar-refractivity contribution in [3.05, 3.63) is 76.4 Å². The van der Waals surface area contributed by atoms with Crippen molar-refractivity contribution in [2.45, 2.75) is 32.2 Å². The van der Waals surface area contributed by atoms with Crippen LogP contribution in [0.5, 0.6) is 0 Å². The highest BCUT2D eigenvalue weighted by Crippen LogP contribution is 2.38. The van der Waals surface area contributed by atoms with Crippen LogP contribution in [0.15, 0.2) is 54.1 Å². The van der Waals surface area contributed by atoms with Crippen molar-refractivity contribution >= 4 is 29.7 Å². The molecular formula is C27H30N2O4. The molecule has 1 aliphatic heterocycles. The number of nitrogens with zero attached hydrogens (tertiary/aromatic N) is 1. The molecule has 0 bridgehead atoms. The van der Waals surface area contributed by atoms with Crippen LogP contribution < -0.4 is 5.32 Å². The molecule has 2 N–H and O–H groups in total. The largest absolute Gasteiger partial charge is 0.450 e. The molecule has 1 atom stereocenters. The summed E-state index contributed by atoms with van der Waals surface area (Å²) in [5.41, 5.74) is 7.48. The highest BCUT2D eigenvalue weighted by Gasteiger charge is 2.26. The van der Waals surface area contributed by atoms with E-state index in [0.29, 0.717) is 13.1 Å². The van der Waals surface area contributed by atoms with Gasteiger partial charge in [-0.1, -0.05) is 66.3 Å². The maximum absolute atomic E-state index is 12.8. The van der Waals surface area contributed by atoms with Gasteiger partial charge in [0.25, 0.3) is 0 Å². The van der Waals surface area contributed by atoms with Crippen LogP contribution in [0.4, 0.5) is 4.79 Å². The van der Waals surface area contributed by atoms with Crippen LogP contribution >= 0.6 is 0 Å². The van der Waals surface area contributed by atoms with Crippen molar-refractivity contribution in [2.24, 2.45) is 0 Å². The highest BCUT2D eigenvalue weighted by molar-refractivity contribution is 5.95. The van der Waals surface area contributed by atoms with Crippen LogP contribution in [-0.4, -0.2) is 54.4 Å². The van der Waals surface area contributed by atoms with Crippen LogP contribution in [0.25, 0.3) is 17.7 Å². The van der Waals surface area contributed by atoms with Gasteiger partial charge in [-0.15, -0.1) is 0 Å². The molecule has 0 saturated carbocycles. The van der Waals surface area contributed by atoms with Gasteiger partial charge >= 0.3 is 6.09 Å². The summed E-state index contributed by atoms with van der Waals surface area (Å²) < 4.78 is 4.85. The Morgan fingerprint density at radius 3 is 2.12 bits per heavy atom. The average Bonchev–Trinajstić information content (AvgIpc) is 3.01. The third kappa shape index (κ3) is 5.17. The molecular weight excluding hydrogens is 416 g/mol. The third-order valence-corrected chi connectivity index (χ3v) is 6.21. The number of nitrogens with one attached hydrogen (secondary N) is 1. The lowest BCUT2D eigenvalue weighted by Crippen LogP contribution is -2.44. The number of carbonyl (C=O) groups is 2. The molecule has 1 aliphatic carbocycles. The Morgan fingerprint density at radius 2 is 1.58 bits per heavy atom. The Labute approximate surface area is 194 Å². The molecule has 0 aromatic heterocycles. The van der Waals surface area contributed by atoms with Crippen molar-refractivity contribution in [3.63, 3.8) is 0 Å². The zero-order chi connectivity index (χ0) is 23.2. The van der Waals surface area contributed by atoms with Crippen molar-refractivity contribution in [1.82, 2.24) is 10.2 Å².